The average Bonchev–Trinajstić information content (AvgIpc) is 2.69. The first-order valence-electron chi connectivity index (χ1n) is 9.43. The first kappa shape index (κ1) is 22.7. The quantitative estimate of drug-likeness (QED) is 0.565. The Kier molecular flexibility index (Phi) is 8.45. The zero-order valence-corrected chi connectivity index (χ0v) is 17.5. The number of anilines is 1. The van der Waals surface area contributed by atoms with Gasteiger partial charge in [-0.1, -0.05) is 24.3 Å². The molecular formula is C21H27FN2O4S. The molecule has 0 saturated carbocycles. The maximum absolute atomic E-state index is 12.9. The second kappa shape index (κ2) is 10.8. The molecule has 2 aromatic rings. The summed E-state index contributed by atoms with van der Waals surface area (Å²) in [4.78, 5) is 12.0. The van der Waals surface area contributed by atoms with Crippen LogP contribution in [0.2, 0.25) is 0 Å². The number of amides is 1. The standard InChI is InChI=1S/C21H27FN2O4S/c1-28-20-9-4-3-8-19(20)24(29(2,26)27)16-6-10-21(25)23-15-5-7-17-11-13-18(22)14-12-17/h3-4,8-9,11-14H,5-7,10,15-16H2,1-2H3,(H,23,25). The number of carbonyl (C=O) groups is 1. The molecule has 0 heterocycles. The minimum atomic E-state index is -3.51. The number of sulfonamides is 1. The molecule has 0 aliphatic heterocycles. The van der Waals surface area contributed by atoms with Gasteiger partial charge in [0.1, 0.15) is 11.6 Å². The highest BCUT2D eigenvalue weighted by molar-refractivity contribution is 7.92. The van der Waals surface area contributed by atoms with Gasteiger partial charge in [-0.2, -0.15) is 0 Å². The van der Waals surface area contributed by atoms with Crippen LogP contribution in [0.3, 0.4) is 0 Å². The Labute approximate surface area is 171 Å². The van der Waals surface area contributed by atoms with Crippen LogP contribution in [0.15, 0.2) is 48.5 Å². The van der Waals surface area contributed by atoms with Crippen molar-refractivity contribution >= 4 is 21.6 Å². The molecule has 29 heavy (non-hydrogen) atoms. The van der Waals surface area contributed by atoms with Crippen molar-refractivity contribution in [2.24, 2.45) is 0 Å². The third-order valence-corrected chi connectivity index (χ3v) is 5.58. The van der Waals surface area contributed by atoms with E-state index >= 15 is 0 Å². The molecule has 0 atom stereocenters. The van der Waals surface area contributed by atoms with Gasteiger partial charge in [0.2, 0.25) is 15.9 Å². The van der Waals surface area contributed by atoms with Crippen LogP contribution in [-0.4, -0.2) is 40.8 Å². The van der Waals surface area contributed by atoms with Crippen LogP contribution in [0.1, 0.15) is 24.8 Å². The van der Waals surface area contributed by atoms with Crippen LogP contribution in [0.25, 0.3) is 0 Å². The summed E-state index contributed by atoms with van der Waals surface area (Å²) in [6.45, 7) is 0.695. The van der Waals surface area contributed by atoms with E-state index in [0.29, 0.717) is 24.4 Å². The summed E-state index contributed by atoms with van der Waals surface area (Å²) in [5.74, 6) is 0.0686. The van der Waals surface area contributed by atoms with E-state index in [1.807, 2.05) is 0 Å². The van der Waals surface area contributed by atoms with Crippen LogP contribution in [0.4, 0.5) is 10.1 Å². The number of para-hydroxylation sites is 2. The molecule has 0 fully saturated rings. The summed E-state index contributed by atoms with van der Waals surface area (Å²) >= 11 is 0. The number of nitrogens with zero attached hydrogens (tertiary/aromatic N) is 1. The van der Waals surface area contributed by atoms with Crippen LogP contribution in [-0.2, 0) is 21.2 Å². The van der Waals surface area contributed by atoms with E-state index in [1.165, 1.54) is 23.5 Å². The molecule has 0 aliphatic carbocycles. The number of ether oxygens (including phenoxy) is 1. The largest absolute Gasteiger partial charge is 0.495 e. The van der Waals surface area contributed by atoms with E-state index in [2.05, 4.69) is 5.32 Å². The van der Waals surface area contributed by atoms with E-state index in [9.17, 15) is 17.6 Å². The minimum absolute atomic E-state index is 0.127. The fourth-order valence-corrected chi connectivity index (χ4v) is 3.91. The van der Waals surface area contributed by atoms with Gasteiger partial charge in [-0.15, -0.1) is 0 Å². The summed E-state index contributed by atoms with van der Waals surface area (Å²) in [5.41, 5.74) is 1.47. The highest BCUT2D eigenvalue weighted by Gasteiger charge is 2.20. The van der Waals surface area contributed by atoms with Crippen molar-refractivity contribution in [3.63, 3.8) is 0 Å². The zero-order valence-electron chi connectivity index (χ0n) is 16.7. The number of benzene rings is 2. The van der Waals surface area contributed by atoms with E-state index < -0.39 is 10.0 Å². The monoisotopic (exact) mass is 422 g/mol. The highest BCUT2D eigenvalue weighted by atomic mass is 32.2. The fourth-order valence-electron chi connectivity index (χ4n) is 2.94. The lowest BCUT2D eigenvalue weighted by Crippen LogP contribution is -2.32. The van der Waals surface area contributed by atoms with E-state index in [0.717, 1.165) is 24.7 Å². The van der Waals surface area contributed by atoms with Gasteiger partial charge in [0.05, 0.1) is 19.1 Å². The van der Waals surface area contributed by atoms with Gasteiger partial charge in [-0.25, -0.2) is 12.8 Å². The van der Waals surface area contributed by atoms with Crippen molar-refractivity contribution in [2.75, 3.05) is 30.8 Å². The zero-order chi connectivity index (χ0) is 21.3. The van der Waals surface area contributed by atoms with Gasteiger partial charge in [0.15, 0.2) is 0 Å². The lowest BCUT2D eigenvalue weighted by molar-refractivity contribution is -0.121. The third-order valence-electron chi connectivity index (χ3n) is 4.40. The molecule has 2 aromatic carbocycles. The van der Waals surface area contributed by atoms with Crippen LogP contribution in [0.5, 0.6) is 5.75 Å². The predicted octanol–water partition coefficient (Wildman–Crippen LogP) is 3.13. The smallest absolute Gasteiger partial charge is 0.232 e. The SMILES string of the molecule is COc1ccccc1N(CCCC(=O)NCCCc1ccc(F)cc1)S(C)(=O)=O. The van der Waals surface area contributed by atoms with E-state index in [1.54, 1.807) is 36.4 Å². The number of aryl methyl sites for hydroxylation is 1. The van der Waals surface area contributed by atoms with Gasteiger partial charge in [-0.3, -0.25) is 9.10 Å². The number of nitrogens with one attached hydrogen (secondary N) is 1. The second-order valence-electron chi connectivity index (χ2n) is 6.69. The number of rotatable bonds is 11. The lowest BCUT2D eigenvalue weighted by Gasteiger charge is -2.24. The lowest BCUT2D eigenvalue weighted by atomic mass is 10.1. The van der Waals surface area contributed by atoms with Gasteiger partial charge in [-0.05, 0) is 49.1 Å². The number of hydrogen-bond acceptors (Lipinski definition) is 4. The molecule has 6 nitrogen and oxygen atoms in total. The highest BCUT2D eigenvalue weighted by Crippen LogP contribution is 2.29. The van der Waals surface area contributed by atoms with E-state index in [-0.39, 0.29) is 24.7 Å². The van der Waals surface area contributed by atoms with Crippen molar-refractivity contribution in [2.45, 2.75) is 25.7 Å². The van der Waals surface area contributed by atoms with Crippen LogP contribution in [0, 0.1) is 5.82 Å². The summed E-state index contributed by atoms with van der Waals surface area (Å²) in [6, 6.07) is 13.2. The third kappa shape index (κ3) is 7.38. The first-order chi connectivity index (χ1) is 13.8. The molecule has 0 bridgehead atoms. The predicted molar refractivity (Wildman–Crippen MR) is 112 cm³/mol. The molecule has 0 saturated heterocycles. The minimum Gasteiger partial charge on any atom is -0.495 e. The molecule has 0 radical (unpaired) electrons. The second-order valence-corrected chi connectivity index (χ2v) is 8.60. The van der Waals surface area contributed by atoms with E-state index in [4.69, 9.17) is 4.74 Å². The summed E-state index contributed by atoms with van der Waals surface area (Å²) < 4.78 is 43.8. The fraction of sp³-hybridized carbons (Fsp3) is 0.381. The van der Waals surface area contributed by atoms with Crippen molar-refractivity contribution < 1.29 is 22.3 Å². The van der Waals surface area contributed by atoms with Crippen LogP contribution >= 0.6 is 0 Å². The molecule has 0 aromatic heterocycles. The molecule has 1 amide bonds. The normalized spacial score (nSPS) is 11.1. The molecule has 8 heteroatoms. The summed E-state index contributed by atoms with van der Waals surface area (Å²) in [6.07, 6.45) is 3.23. The Bertz CT molecular complexity index is 901. The molecule has 2 rings (SSSR count). The van der Waals surface area contributed by atoms with Crippen molar-refractivity contribution in [1.82, 2.24) is 5.32 Å². The Morgan fingerprint density at radius 3 is 2.45 bits per heavy atom. The average molecular weight is 423 g/mol. The maximum atomic E-state index is 12.9. The van der Waals surface area contributed by atoms with Gasteiger partial charge in [0, 0.05) is 19.5 Å². The molecule has 0 spiro atoms. The summed E-state index contributed by atoms with van der Waals surface area (Å²) in [5, 5.41) is 2.83. The van der Waals surface area contributed by atoms with Crippen molar-refractivity contribution in [3.05, 3.63) is 59.9 Å². The Morgan fingerprint density at radius 2 is 1.79 bits per heavy atom. The molecular weight excluding hydrogens is 395 g/mol. The number of carbonyl (C=O) groups excluding carboxylic acids is 1. The Morgan fingerprint density at radius 1 is 1.10 bits per heavy atom. The first-order valence-corrected chi connectivity index (χ1v) is 11.3. The van der Waals surface area contributed by atoms with Gasteiger partial charge >= 0.3 is 0 Å². The molecule has 0 aliphatic rings. The number of halogens is 1. The van der Waals surface area contributed by atoms with Gasteiger partial charge < -0.3 is 10.1 Å². The topological polar surface area (TPSA) is 75.7 Å². The molecule has 158 valence electrons. The maximum Gasteiger partial charge on any atom is 0.232 e. The molecule has 1 N–H and O–H groups in total. The molecule has 0 unspecified atom stereocenters. The number of methoxy groups -OCH3 is 1. The van der Waals surface area contributed by atoms with Gasteiger partial charge in [0.25, 0.3) is 0 Å². The number of hydrogen-bond donors (Lipinski definition) is 1. The van der Waals surface area contributed by atoms with Crippen molar-refractivity contribution in [3.8, 4) is 5.75 Å². The Hall–Kier alpha value is -2.61. The Balaban J connectivity index is 1.78. The van der Waals surface area contributed by atoms with Crippen molar-refractivity contribution in [1.29, 1.82) is 0 Å². The van der Waals surface area contributed by atoms with Crippen LogP contribution < -0.4 is 14.4 Å². The summed E-state index contributed by atoms with van der Waals surface area (Å²) in [7, 11) is -2.02.